The minimum absolute atomic E-state index is 0.292. The van der Waals surface area contributed by atoms with E-state index >= 15 is 0 Å². The van der Waals surface area contributed by atoms with Gasteiger partial charge in [-0.25, -0.2) is 0 Å². The summed E-state index contributed by atoms with van der Waals surface area (Å²) in [6.07, 6.45) is 0. The summed E-state index contributed by atoms with van der Waals surface area (Å²) < 4.78 is 4.31. The lowest BCUT2D eigenvalue weighted by Crippen LogP contribution is -1.89. The van der Waals surface area contributed by atoms with Crippen molar-refractivity contribution in [1.82, 2.24) is 0 Å². The zero-order chi connectivity index (χ0) is 18.7. The van der Waals surface area contributed by atoms with E-state index < -0.39 is 0 Å². The molecule has 0 aliphatic carbocycles. The fourth-order valence-corrected chi connectivity index (χ4v) is 2.34. The first kappa shape index (κ1) is 23.0. The van der Waals surface area contributed by atoms with Gasteiger partial charge in [-0.1, -0.05) is 47.5 Å². The van der Waals surface area contributed by atoms with Gasteiger partial charge in [0.2, 0.25) is 0 Å². The van der Waals surface area contributed by atoms with Crippen LogP contribution < -0.4 is 0 Å². The van der Waals surface area contributed by atoms with Crippen LogP contribution in [0.1, 0.15) is 38.9 Å². The Bertz CT molecular complexity index is 619. The minimum Gasteiger partial charge on any atom is -0.369 e. The van der Waals surface area contributed by atoms with Crippen LogP contribution in [0.15, 0.2) is 30.3 Å². The molecule has 2 aromatic carbocycles. The molecule has 0 saturated carbocycles. The van der Waals surface area contributed by atoms with Crippen LogP contribution in [-0.2, 0) is 10.6 Å². The van der Waals surface area contributed by atoms with Crippen molar-refractivity contribution in [1.29, 1.82) is 0 Å². The maximum atomic E-state index is 5.76. The molecule has 0 radical (unpaired) electrons. The molecule has 24 heavy (non-hydrogen) atoms. The first-order valence-corrected chi connectivity index (χ1v) is 9.05. The molecule has 0 amide bonds. The van der Waals surface area contributed by atoms with Gasteiger partial charge in [-0.15, -0.1) is 11.6 Å². The van der Waals surface area contributed by atoms with Gasteiger partial charge < -0.3 is 4.74 Å². The van der Waals surface area contributed by atoms with E-state index in [9.17, 15) is 0 Å². The summed E-state index contributed by atoms with van der Waals surface area (Å²) in [5.41, 5.74) is 9.31. The first-order valence-electron chi connectivity index (χ1n) is 7.98. The number of rotatable bonds is 2. The van der Waals surface area contributed by atoms with Crippen LogP contribution in [0.25, 0.3) is 0 Å². The van der Waals surface area contributed by atoms with Crippen molar-refractivity contribution in [2.45, 2.75) is 47.4 Å². The summed E-state index contributed by atoms with van der Waals surface area (Å²) >= 11 is 10.7. The molecule has 2 rings (SSSR count). The SMILES string of the molecule is COCCl.Cc1cc(C)c(CCl)cc1C.Cc1ccc(C)c(C)c1. The first-order chi connectivity index (χ1) is 11.3. The number of ether oxygens (including phenoxy) is 1. The molecule has 1 nitrogen and oxygen atoms in total. The predicted octanol–water partition coefficient (Wildman–Crippen LogP) is 6.79. The molecule has 0 bridgehead atoms. The summed E-state index contributed by atoms with van der Waals surface area (Å²) in [4.78, 5) is 0. The zero-order valence-electron chi connectivity index (χ0n) is 16.0. The maximum Gasteiger partial charge on any atom is 0.120 e. The molecule has 0 N–H and O–H groups in total. The van der Waals surface area contributed by atoms with Crippen LogP contribution in [0.2, 0.25) is 0 Å². The second-order valence-electron chi connectivity index (χ2n) is 5.98. The molecule has 0 atom stereocenters. The Morgan fingerprint density at radius 2 is 1.21 bits per heavy atom. The van der Waals surface area contributed by atoms with Gasteiger partial charge >= 0.3 is 0 Å². The van der Waals surface area contributed by atoms with E-state index in [1.807, 2.05) is 0 Å². The van der Waals surface area contributed by atoms with Crippen molar-refractivity contribution in [3.8, 4) is 0 Å². The molecule has 0 saturated heterocycles. The number of halogens is 2. The highest BCUT2D eigenvalue weighted by molar-refractivity contribution is 6.17. The van der Waals surface area contributed by atoms with Crippen LogP contribution in [0.4, 0.5) is 0 Å². The molecule has 134 valence electrons. The summed E-state index contributed by atoms with van der Waals surface area (Å²) in [5, 5.41) is 0. The van der Waals surface area contributed by atoms with Gasteiger partial charge in [-0.3, -0.25) is 0 Å². The second-order valence-corrected chi connectivity index (χ2v) is 6.47. The van der Waals surface area contributed by atoms with E-state index in [1.54, 1.807) is 7.11 Å². The Labute approximate surface area is 158 Å². The standard InChI is InChI=1S/C10H13Cl.C9H12.C2H5ClO/c1-7-4-9(3)10(6-11)5-8(7)2;1-7-4-5-8(2)9(3)6-7;1-4-2-3/h4-5H,6H2,1-3H3;4-6H,1-3H3;2H2,1H3. The molecule has 0 heterocycles. The number of aryl methyl sites for hydroxylation is 6. The molecule has 0 unspecified atom stereocenters. The highest BCUT2D eigenvalue weighted by Gasteiger charge is 1.99. The number of benzene rings is 2. The predicted molar refractivity (Wildman–Crippen MR) is 109 cm³/mol. The number of methoxy groups -OCH3 is 1. The number of alkyl halides is 2. The lowest BCUT2D eigenvalue weighted by molar-refractivity contribution is 0.254. The highest BCUT2D eigenvalue weighted by Crippen LogP contribution is 2.16. The van der Waals surface area contributed by atoms with Gasteiger partial charge in [0.1, 0.15) is 6.07 Å². The van der Waals surface area contributed by atoms with Crippen molar-refractivity contribution in [2.24, 2.45) is 0 Å². The Kier molecular flexibility index (Phi) is 11.8. The monoisotopic (exact) mass is 368 g/mol. The molecule has 0 aliphatic rings. The lowest BCUT2D eigenvalue weighted by Gasteiger charge is -2.06. The van der Waals surface area contributed by atoms with Gasteiger partial charge in [-0.05, 0) is 74.9 Å². The van der Waals surface area contributed by atoms with E-state index in [0.29, 0.717) is 11.9 Å². The molecule has 3 heteroatoms. The average molecular weight is 369 g/mol. The van der Waals surface area contributed by atoms with Crippen LogP contribution in [0.3, 0.4) is 0 Å². The molecule has 0 fully saturated rings. The minimum atomic E-state index is 0.292. The molecular formula is C21H30Cl2O. The van der Waals surface area contributed by atoms with Crippen molar-refractivity contribution in [2.75, 3.05) is 13.2 Å². The highest BCUT2D eigenvalue weighted by atomic mass is 35.5. The van der Waals surface area contributed by atoms with Crippen LogP contribution in [0.5, 0.6) is 0 Å². The quantitative estimate of drug-likeness (QED) is 0.530. The van der Waals surface area contributed by atoms with Gasteiger partial charge in [0.05, 0.1) is 0 Å². The molecular weight excluding hydrogens is 339 g/mol. The summed E-state index contributed by atoms with van der Waals surface area (Å²) in [6.45, 7) is 12.7. The van der Waals surface area contributed by atoms with Crippen LogP contribution in [0, 0.1) is 41.5 Å². The normalized spacial score (nSPS) is 9.54. The Morgan fingerprint density at radius 1 is 0.708 bits per heavy atom. The van der Waals surface area contributed by atoms with Crippen LogP contribution in [-0.4, -0.2) is 13.2 Å². The Balaban J connectivity index is 0.000000367. The van der Waals surface area contributed by atoms with E-state index in [4.69, 9.17) is 23.2 Å². The third-order valence-corrected chi connectivity index (χ3v) is 4.37. The van der Waals surface area contributed by atoms with Gasteiger partial charge in [-0.2, -0.15) is 0 Å². The van der Waals surface area contributed by atoms with Crippen molar-refractivity contribution in [3.63, 3.8) is 0 Å². The van der Waals surface area contributed by atoms with E-state index in [2.05, 4.69) is 76.6 Å². The van der Waals surface area contributed by atoms with Crippen LogP contribution >= 0.6 is 23.2 Å². The fourth-order valence-electron chi connectivity index (χ4n) is 2.06. The largest absolute Gasteiger partial charge is 0.369 e. The smallest absolute Gasteiger partial charge is 0.120 e. The van der Waals surface area contributed by atoms with Gasteiger partial charge in [0.15, 0.2) is 0 Å². The third kappa shape index (κ3) is 8.73. The molecule has 0 aromatic heterocycles. The Hall–Kier alpha value is -1.02. The fraction of sp³-hybridized carbons (Fsp3) is 0.429. The summed E-state index contributed by atoms with van der Waals surface area (Å²) in [7, 11) is 1.55. The van der Waals surface area contributed by atoms with Crippen molar-refractivity contribution >= 4 is 23.2 Å². The van der Waals surface area contributed by atoms with E-state index in [-0.39, 0.29) is 0 Å². The van der Waals surface area contributed by atoms with Crippen molar-refractivity contribution < 1.29 is 4.74 Å². The molecule has 0 spiro atoms. The summed E-state index contributed by atoms with van der Waals surface area (Å²) in [6, 6.07) is 11.1. The third-order valence-electron chi connectivity index (χ3n) is 3.87. The topological polar surface area (TPSA) is 9.23 Å². The molecule has 2 aromatic rings. The summed E-state index contributed by atoms with van der Waals surface area (Å²) in [5.74, 6) is 0.618. The van der Waals surface area contributed by atoms with Crippen molar-refractivity contribution in [3.05, 3.63) is 69.3 Å². The number of hydrogen-bond acceptors (Lipinski definition) is 1. The maximum absolute atomic E-state index is 5.76. The Morgan fingerprint density at radius 3 is 1.62 bits per heavy atom. The average Bonchev–Trinajstić information content (AvgIpc) is 2.55. The number of hydrogen-bond donors (Lipinski definition) is 0. The lowest BCUT2D eigenvalue weighted by atomic mass is 10.0. The van der Waals surface area contributed by atoms with E-state index in [0.717, 1.165) is 0 Å². The molecule has 0 aliphatic heterocycles. The van der Waals surface area contributed by atoms with Gasteiger partial charge in [0.25, 0.3) is 0 Å². The second kappa shape index (κ2) is 12.4. The zero-order valence-corrected chi connectivity index (χ0v) is 17.5. The van der Waals surface area contributed by atoms with Gasteiger partial charge in [0, 0.05) is 13.0 Å². The van der Waals surface area contributed by atoms with E-state index in [1.165, 1.54) is 38.9 Å².